The van der Waals surface area contributed by atoms with Gasteiger partial charge in [-0.2, -0.15) is 0 Å². The monoisotopic (exact) mass is 565 g/mol. The number of carboxylic acid groups (broad SMARTS) is 2. The standard InChI is InChI=1S/C36H68O4/c1-3-5-7-9-11-16-22-28-34(30-24-18-14-20-26-32-36(39)40)33(27-21-15-10-8-6-4-2)29-23-17-12-13-19-25-31-35(37)38/h11,16,33-34H,3-10,12-15,17-32H2,1-2H3,(H,37,38)(H,39,40)/b16-11-/t33-,34+/m0/s1. The fourth-order valence-corrected chi connectivity index (χ4v) is 6.08. The molecule has 0 aromatic rings. The van der Waals surface area contributed by atoms with Gasteiger partial charge in [0.2, 0.25) is 0 Å². The average molecular weight is 565 g/mol. The van der Waals surface area contributed by atoms with Gasteiger partial charge >= 0.3 is 11.9 Å². The Morgan fingerprint density at radius 3 is 1.25 bits per heavy atom. The summed E-state index contributed by atoms with van der Waals surface area (Å²) in [5.41, 5.74) is 0. The predicted molar refractivity (Wildman–Crippen MR) is 172 cm³/mol. The third-order valence-electron chi connectivity index (χ3n) is 8.62. The quantitative estimate of drug-likeness (QED) is 0.0629. The van der Waals surface area contributed by atoms with Crippen LogP contribution in [0.15, 0.2) is 12.2 Å². The molecule has 0 fully saturated rings. The van der Waals surface area contributed by atoms with Crippen molar-refractivity contribution < 1.29 is 19.8 Å². The zero-order valence-electron chi connectivity index (χ0n) is 26.8. The number of hydrogen-bond acceptors (Lipinski definition) is 2. The molecule has 0 unspecified atom stereocenters. The van der Waals surface area contributed by atoms with Gasteiger partial charge in [0.05, 0.1) is 0 Å². The number of aliphatic carboxylic acids is 2. The fraction of sp³-hybridized carbons (Fsp3) is 0.889. The van der Waals surface area contributed by atoms with E-state index in [2.05, 4.69) is 26.0 Å². The molecule has 0 radical (unpaired) electrons. The van der Waals surface area contributed by atoms with E-state index in [1.807, 2.05) is 0 Å². The van der Waals surface area contributed by atoms with Crippen molar-refractivity contribution in [1.29, 1.82) is 0 Å². The number of carbonyl (C=O) groups is 2. The highest BCUT2D eigenvalue weighted by Gasteiger charge is 2.20. The minimum absolute atomic E-state index is 0.313. The van der Waals surface area contributed by atoms with Gasteiger partial charge in [0, 0.05) is 12.8 Å². The van der Waals surface area contributed by atoms with Crippen molar-refractivity contribution in [3.05, 3.63) is 12.2 Å². The summed E-state index contributed by atoms with van der Waals surface area (Å²) in [6.07, 6.45) is 37.9. The molecule has 0 aromatic heterocycles. The summed E-state index contributed by atoms with van der Waals surface area (Å²) in [6, 6.07) is 0. The molecule has 0 saturated carbocycles. The molecule has 0 spiro atoms. The topological polar surface area (TPSA) is 74.6 Å². The molecule has 0 amide bonds. The summed E-state index contributed by atoms with van der Waals surface area (Å²) < 4.78 is 0. The number of allylic oxidation sites excluding steroid dienone is 2. The van der Waals surface area contributed by atoms with Crippen molar-refractivity contribution in [2.24, 2.45) is 11.8 Å². The summed E-state index contributed by atoms with van der Waals surface area (Å²) in [4.78, 5) is 21.5. The van der Waals surface area contributed by atoms with Crippen LogP contribution in [0.2, 0.25) is 0 Å². The van der Waals surface area contributed by atoms with Crippen LogP contribution in [-0.4, -0.2) is 22.2 Å². The lowest BCUT2D eigenvalue weighted by atomic mass is 9.78. The highest BCUT2D eigenvalue weighted by molar-refractivity contribution is 5.66. The third kappa shape index (κ3) is 28.2. The van der Waals surface area contributed by atoms with Gasteiger partial charge < -0.3 is 10.2 Å². The Morgan fingerprint density at radius 1 is 0.450 bits per heavy atom. The van der Waals surface area contributed by atoms with Crippen LogP contribution in [0.5, 0.6) is 0 Å². The number of rotatable bonds is 32. The highest BCUT2D eigenvalue weighted by atomic mass is 16.4. The van der Waals surface area contributed by atoms with Crippen LogP contribution in [0, 0.1) is 11.8 Å². The van der Waals surface area contributed by atoms with E-state index in [1.54, 1.807) is 0 Å². The molecule has 0 aliphatic carbocycles. The Morgan fingerprint density at radius 2 is 0.800 bits per heavy atom. The molecule has 4 heteroatoms. The van der Waals surface area contributed by atoms with E-state index < -0.39 is 11.9 Å². The zero-order valence-corrected chi connectivity index (χ0v) is 26.8. The molecule has 40 heavy (non-hydrogen) atoms. The first-order valence-electron chi connectivity index (χ1n) is 17.6. The fourth-order valence-electron chi connectivity index (χ4n) is 6.08. The minimum Gasteiger partial charge on any atom is -0.481 e. The van der Waals surface area contributed by atoms with Gasteiger partial charge in [-0.3, -0.25) is 9.59 Å². The smallest absolute Gasteiger partial charge is 0.303 e. The van der Waals surface area contributed by atoms with Crippen molar-refractivity contribution >= 4 is 11.9 Å². The Balaban J connectivity index is 4.82. The molecule has 0 aliphatic heterocycles. The molecule has 0 bridgehead atoms. The minimum atomic E-state index is -0.667. The molecule has 2 N–H and O–H groups in total. The SMILES string of the molecule is CCCCC/C=C\CC[C@H](CCCCCCCC(=O)O)[C@@H](CCCCCCCC)CCCCCCCCC(=O)O. The molecule has 0 saturated heterocycles. The summed E-state index contributed by atoms with van der Waals surface area (Å²) in [5, 5.41) is 17.7. The van der Waals surface area contributed by atoms with E-state index in [0.29, 0.717) is 12.8 Å². The van der Waals surface area contributed by atoms with Crippen molar-refractivity contribution in [3.8, 4) is 0 Å². The van der Waals surface area contributed by atoms with Gasteiger partial charge in [0.1, 0.15) is 0 Å². The van der Waals surface area contributed by atoms with E-state index in [1.165, 1.54) is 141 Å². The van der Waals surface area contributed by atoms with E-state index in [9.17, 15) is 9.59 Å². The first kappa shape index (κ1) is 38.7. The van der Waals surface area contributed by atoms with Gasteiger partial charge in [0.25, 0.3) is 0 Å². The van der Waals surface area contributed by atoms with Crippen LogP contribution >= 0.6 is 0 Å². The first-order valence-corrected chi connectivity index (χ1v) is 17.6. The van der Waals surface area contributed by atoms with Crippen molar-refractivity contribution in [3.63, 3.8) is 0 Å². The lowest BCUT2D eigenvalue weighted by Gasteiger charge is -2.28. The van der Waals surface area contributed by atoms with E-state index in [0.717, 1.165) is 37.5 Å². The third-order valence-corrected chi connectivity index (χ3v) is 8.62. The maximum atomic E-state index is 10.8. The van der Waals surface area contributed by atoms with Crippen molar-refractivity contribution in [1.82, 2.24) is 0 Å². The maximum Gasteiger partial charge on any atom is 0.303 e. The Bertz CT molecular complexity index is 585. The van der Waals surface area contributed by atoms with Crippen molar-refractivity contribution in [2.75, 3.05) is 0 Å². The van der Waals surface area contributed by atoms with Gasteiger partial charge in [0.15, 0.2) is 0 Å². The summed E-state index contributed by atoms with van der Waals surface area (Å²) in [7, 11) is 0. The van der Waals surface area contributed by atoms with Crippen LogP contribution in [-0.2, 0) is 9.59 Å². The number of hydrogen-bond donors (Lipinski definition) is 2. The Kier molecular flexibility index (Phi) is 29.6. The molecule has 4 nitrogen and oxygen atoms in total. The molecule has 0 rings (SSSR count). The van der Waals surface area contributed by atoms with Gasteiger partial charge in [-0.15, -0.1) is 0 Å². The molecule has 0 aliphatic rings. The first-order chi connectivity index (χ1) is 19.5. The highest BCUT2D eigenvalue weighted by Crippen LogP contribution is 2.33. The average Bonchev–Trinajstić information content (AvgIpc) is 2.92. The zero-order chi connectivity index (χ0) is 29.5. The van der Waals surface area contributed by atoms with Crippen molar-refractivity contribution in [2.45, 2.75) is 194 Å². The molecule has 2 atom stereocenters. The number of unbranched alkanes of at least 4 members (excludes halogenated alkanes) is 17. The van der Waals surface area contributed by atoms with E-state index in [-0.39, 0.29) is 0 Å². The molecule has 0 heterocycles. The van der Waals surface area contributed by atoms with Gasteiger partial charge in [-0.1, -0.05) is 154 Å². The summed E-state index contributed by atoms with van der Waals surface area (Å²) in [6.45, 7) is 4.56. The predicted octanol–water partition coefficient (Wildman–Crippen LogP) is 11.9. The second-order valence-electron chi connectivity index (χ2n) is 12.4. The lowest BCUT2D eigenvalue weighted by Crippen LogP contribution is -2.16. The number of carboxylic acids is 2. The van der Waals surface area contributed by atoms with Crippen LogP contribution in [0.4, 0.5) is 0 Å². The van der Waals surface area contributed by atoms with Crippen LogP contribution in [0.3, 0.4) is 0 Å². The normalized spacial score (nSPS) is 13.2. The molecular formula is C36H68O4. The molecule has 236 valence electrons. The second-order valence-corrected chi connectivity index (χ2v) is 12.4. The molecular weight excluding hydrogens is 496 g/mol. The second kappa shape index (κ2) is 30.6. The lowest BCUT2D eigenvalue weighted by molar-refractivity contribution is -0.138. The Hall–Kier alpha value is -1.32. The Labute approximate surface area is 249 Å². The largest absolute Gasteiger partial charge is 0.481 e. The van der Waals surface area contributed by atoms with E-state index in [4.69, 9.17) is 10.2 Å². The van der Waals surface area contributed by atoms with Crippen LogP contribution in [0.25, 0.3) is 0 Å². The summed E-state index contributed by atoms with van der Waals surface area (Å²) >= 11 is 0. The summed E-state index contributed by atoms with van der Waals surface area (Å²) in [5.74, 6) is 0.310. The van der Waals surface area contributed by atoms with Crippen LogP contribution in [0.1, 0.15) is 194 Å². The molecule has 0 aromatic carbocycles. The van der Waals surface area contributed by atoms with Gasteiger partial charge in [-0.25, -0.2) is 0 Å². The van der Waals surface area contributed by atoms with Gasteiger partial charge in [-0.05, 0) is 50.4 Å². The maximum absolute atomic E-state index is 10.8. The van der Waals surface area contributed by atoms with E-state index >= 15 is 0 Å². The van der Waals surface area contributed by atoms with Crippen LogP contribution < -0.4 is 0 Å².